The van der Waals surface area contributed by atoms with Crippen LogP contribution in [0.4, 0.5) is 0 Å². The zero-order valence-corrected chi connectivity index (χ0v) is 27.1. The van der Waals surface area contributed by atoms with E-state index in [0.717, 1.165) is 25.1 Å². The van der Waals surface area contributed by atoms with Crippen LogP contribution in [0, 0.1) is 23.7 Å². The maximum atomic E-state index is 12.7. The Morgan fingerprint density at radius 2 is 1.78 bits per heavy atom. The van der Waals surface area contributed by atoms with E-state index in [2.05, 4.69) is 55.5 Å². The minimum absolute atomic E-state index is 0. The highest BCUT2D eigenvalue weighted by atomic mass is 32.2. The first kappa shape index (κ1) is 36.7. The smallest absolute Gasteiger partial charge is 0.312 e. The van der Waals surface area contributed by atoms with Gasteiger partial charge in [-0.3, -0.25) is 15.0 Å². The van der Waals surface area contributed by atoms with Crippen molar-refractivity contribution in [1.29, 1.82) is 0 Å². The lowest BCUT2D eigenvalue weighted by molar-refractivity contribution is -0.156. The van der Waals surface area contributed by atoms with Gasteiger partial charge in [0, 0.05) is 36.5 Å². The fourth-order valence-electron chi connectivity index (χ4n) is 8.11. The van der Waals surface area contributed by atoms with Crippen molar-refractivity contribution in [1.82, 2.24) is 20.6 Å². The molecule has 5 aliphatic rings. The molecule has 10 nitrogen and oxygen atoms in total. The quantitative estimate of drug-likeness (QED) is 0.307. The van der Waals surface area contributed by atoms with Crippen LogP contribution >= 0.6 is 11.8 Å². The predicted octanol–water partition coefficient (Wildman–Crippen LogP) is 2.67. The third-order valence-electron chi connectivity index (χ3n) is 10.3. The van der Waals surface area contributed by atoms with Gasteiger partial charge in [-0.2, -0.15) is 0 Å². The number of ether oxygens (including phenoxy) is 2. The van der Waals surface area contributed by atoms with Gasteiger partial charge in [0.25, 0.3) is 0 Å². The van der Waals surface area contributed by atoms with Gasteiger partial charge in [-0.25, -0.2) is 5.48 Å². The summed E-state index contributed by atoms with van der Waals surface area (Å²) in [4.78, 5) is 17.6. The number of carbonyl (C=O) groups is 1. The summed E-state index contributed by atoms with van der Waals surface area (Å²) in [6.45, 7) is 10.1. The molecule has 3 aliphatic heterocycles. The van der Waals surface area contributed by atoms with Crippen molar-refractivity contribution >= 4 is 17.7 Å². The number of esters is 1. The summed E-state index contributed by atoms with van der Waals surface area (Å²) in [6, 6.07) is 1.52. The van der Waals surface area contributed by atoms with Crippen LogP contribution in [0.15, 0.2) is 0 Å². The van der Waals surface area contributed by atoms with Crippen molar-refractivity contribution < 1.29 is 30.4 Å². The predicted molar refractivity (Wildman–Crippen MR) is 165 cm³/mol. The van der Waals surface area contributed by atoms with Gasteiger partial charge in [0.15, 0.2) is 0 Å². The number of nitrogens with one attached hydrogen (secondary N) is 2. The van der Waals surface area contributed by atoms with Crippen molar-refractivity contribution in [2.75, 3.05) is 33.0 Å². The van der Waals surface area contributed by atoms with Crippen LogP contribution in [0.25, 0.3) is 0 Å². The van der Waals surface area contributed by atoms with Crippen LogP contribution < -0.4 is 10.8 Å². The molecule has 0 aromatic rings. The van der Waals surface area contributed by atoms with E-state index in [1.165, 1.54) is 44.9 Å². The second-order valence-electron chi connectivity index (χ2n) is 13.1. The van der Waals surface area contributed by atoms with Crippen LogP contribution in [-0.2, 0) is 14.3 Å². The second kappa shape index (κ2) is 17.1. The van der Waals surface area contributed by atoms with Crippen LogP contribution in [0.1, 0.15) is 85.5 Å². The lowest BCUT2D eigenvalue weighted by Gasteiger charge is -2.50. The van der Waals surface area contributed by atoms with E-state index in [1.54, 1.807) is 0 Å². The van der Waals surface area contributed by atoms with Crippen molar-refractivity contribution in [2.24, 2.45) is 23.7 Å². The molecule has 0 spiro atoms. The Morgan fingerprint density at radius 3 is 2.34 bits per heavy atom. The van der Waals surface area contributed by atoms with Crippen LogP contribution in [0.3, 0.4) is 0 Å². The molecule has 0 amide bonds. The zero-order chi connectivity index (χ0) is 28.1. The molecule has 5 rings (SSSR count). The van der Waals surface area contributed by atoms with Gasteiger partial charge in [-0.05, 0) is 110 Å². The Morgan fingerprint density at radius 1 is 1.07 bits per heavy atom. The van der Waals surface area contributed by atoms with Gasteiger partial charge < -0.3 is 30.5 Å². The molecule has 2 aliphatic carbocycles. The molecule has 3 saturated heterocycles. The molecule has 0 aromatic heterocycles. The summed E-state index contributed by atoms with van der Waals surface area (Å²) in [6.07, 6.45) is 11.7. The van der Waals surface area contributed by atoms with Crippen LogP contribution in [0.5, 0.6) is 0 Å². The Hall–Kier alpha value is -0.500. The molecule has 0 bridgehead atoms. The molecule has 9 atom stereocenters. The lowest BCUT2D eigenvalue weighted by Crippen LogP contribution is -2.65. The van der Waals surface area contributed by atoms with Gasteiger partial charge in [0.05, 0.1) is 24.7 Å². The van der Waals surface area contributed by atoms with E-state index in [-0.39, 0.29) is 28.9 Å². The van der Waals surface area contributed by atoms with Gasteiger partial charge in [-0.1, -0.05) is 6.92 Å². The average Bonchev–Trinajstić information content (AvgIpc) is 3.57. The molecule has 242 valence electrons. The Kier molecular flexibility index (Phi) is 15.3. The SMILES string of the molecule is CC1CCC(C2CCC(NO)CC2C)O1.CCOC(=O)C1C(C)NC2SCCN2C1C1CCC(N(C)C)CC1.O.O. The van der Waals surface area contributed by atoms with Gasteiger partial charge in [-0.15, -0.1) is 11.8 Å². The standard InChI is InChI=1S/C18H33N3O2S.C12H23NO2.2H2O/c1-5-23-17(22)15-12(2)19-18-21(10-11-24-18)16(15)13-6-8-14(9-7-13)20(3)4;1-8-7-10(13-14)4-5-11(8)12-6-3-9(2)15-12;;/h12-16,18-19H,5-11H2,1-4H3;8-14H,3-7H2,1-2H3;2*1H2. The minimum Gasteiger partial charge on any atom is -0.466 e. The monoisotopic (exact) mass is 604 g/mol. The molecular formula is C30H60N4O6S. The summed E-state index contributed by atoms with van der Waals surface area (Å²) in [5, 5.41) is 12.6. The van der Waals surface area contributed by atoms with Crippen LogP contribution in [-0.4, -0.2) is 107 Å². The molecule has 7 N–H and O–H groups in total. The Balaban J connectivity index is 0.000000300. The molecule has 41 heavy (non-hydrogen) atoms. The van der Waals surface area contributed by atoms with Crippen LogP contribution in [0.2, 0.25) is 0 Å². The number of hydroxylamine groups is 1. The molecular weight excluding hydrogens is 544 g/mol. The Labute approximate surface area is 252 Å². The summed E-state index contributed by atoms with van der Waals surface area (Å²) >= 11 is 1.98. The molecule has 2 saturated carbocycles. The number of rotatable bonds is 6. The maximum Gasteiger partial charge on any atom is 0.312 e. The highest BCUT2D eigenvalue weighted by Crippen LogP contribution is 2.42. The molecule has 3 heterocycles. The number of hydrogen-bond acceptors (Lipinski definition) is 9. The summed E-state index contributed by atoms with van der Waals surface area (Å²) in [5.74, 6) is 3.09. The van der Waals surface area contributed by atoms with E-state index in [9.17, 15) is 4.79 Å². The van der Waals surface area contributed by atoms with Crippen molar-refractivity contribution in [3.8, 4) is 0 Å². The van der Waals surface area contributed by atoms with E-state index >= 15 is 0 Å². The van der Waals surface area contributed by atoms with Gasteiger partial charge >= 0.3 is 5.97 Å². The second-order valence-corrected chi connectivity index (χ2v) is 14.2. The molecule has 11 heteroatoms. The number of carbonyl (C=O) groups excluding carboxylic acids is 1. The van der Waals surface area contributed by atoms with Gasteiger partial charge in [0.2, 0.25) is 0 Å². The molecule has 5 fully saturated rings. The summed E-state index contributed by atoms with van der Waals surface area (Å²) < 4.78 is 11.4. The largest absolute Gasteiger partial charge is 0.466 e. The van der Waals surface area contributed by atoms with Crippen molar-refractivity contribution in [3.63, 3.8) is 0 Å². The number of thioether (sulfide) groups is 1. The minimum atomic E-state index is -0.0409. The maximum absolute atomic E-state index is 12.7. The third kappa shape index (κ3) is 9.01. The first-order valence-electron chi connectivity index (χ1n) is 15.7. The molecule has 0 radical (unpaired) electrons. The summed E-state index contributed by atoms with van der Waals surface area (Å²) in [5.41, 5.74) is 2.79. The lowest BCUT2D eigenvalue weighted by atomic mass is 9.73. The first-order valence-corrected chi connectivity index (χ1v) is 16.8. The van der Waals surface area contributed by atoms with Crippen molar-refractivity contribution in [2.45, 2.75) is 127 Å². The summed E-state index contributed by atoms with van der Waals surface area (Å²) in [7, 11) is 4.37. The van der Waals surface area contributed by atoms with E-state index in [1.807, 2.05) is 18.7 Å². The van der Waals surface area contributed by atoms with E-state index in [4.69, 9.17) is 14.7 Å². The van der Waals surface area contributed by atoms with E-state index < -0.39 is 0 Å². The Bertz CT molecular complexity index is 773. The van der Waals surface area contributed by atoms with Crippen molar-refractivity contribution in [3.05, 3.63) is 0 Å². The highest BCUT2D eigenvalue weighted by molar-refractivity contribution is 8.00. The third-order valence-corrected chi connectivity index (χ3v) is 11.4. The van der Waals surface area contributed by atoms with Gasteiger partial charge in [0.1, 0.15) is 5.50 Å². The normalized spacial score (nSPS) is 40.9. The topological polar surface area (TPSA) is 149 Å². The average molecular weight is 605 g/mol. The fourth-order valence-corrected chi connectivity index (χ4v) is 9.39. The fraction of sp³-hybridized carbons (Fsp3) is 0.967. The zero-order valence-electron chi connectivity index (χ0n) is 26.3. The van der Waals surface area contributed by atoms with E-state index in [0.29, 0.717) is 60.2 Å². The first-order chi connectivity index (χ1) is 18.7. The molecule has 9 unspecified atom stereocenters. The number of hydrogen-bond donors (Lipinski definition) is 3. The molecule has 0 aromatic carbocycles. The highest BCUT2D eigenvalue weighted by Gasteiger charge is 2.50. The number of nitrogens with zero attached hydrogens (tertiary/aromatic N) is 2. The number of fused-ring (bicyclic) bond motifs is 1.